The quantitative estimate of drug-likeness (QED) is 0.778. The van der Waals surface area contributed by atoms with Gasteiger partial charge in [0, 0.05) is 5.56 Å². The summed E-state index contributed by atoms with van der Waals surface area (Å²) in [5.74, 6) is 1.86. The Balaban J connectivity index is 1.78. The number of hydrogen-bond donors (Lipinski definition) is 2. The zero-order valence-electron chi connectivity index (χ0n) is 13.2. The van der Waals surface area contributed by atoms with E-state index in [-0.39, 0.29) is 6.17 Å². The zero-order chi connectivity index (χ0) is 16.5. The van der Waals surface area contributed by atoms with Gasteiger partial charge in [0.05, 0.1) is 18.1 Å². The molecule has 0 aliphatic carbocycles. The predicted octanol–water partition coefficient (Wildman–Crippen LogP) is 3.00. The number of nitrogens with zero attached hydrogens (tertiary/aromatic N) is 3. The normalized spacial score (nSPS) is 16.7. The Morgan fingerprint density at radius 3 is 2.83 bits per heavy atom. The molecule has 3 aromatic rings. The standard InChI is InChI=1S/C18H17N5O/c1-24-15-9-5-2-6-12(15)10-11-16-21-17(19)22-18-20-13-7-3-4-8-14(13)23(16)18/h2-11,16H,1H3,(H3,19,20,21,22)/b11-10+. The highest BCUT2D eigenvalue weighted by molar-refractivity contribution is 5.94. The summed E-state index contributed by atoms with van der Waals surface area (Å²) in [7, 11) is 1.66. The third kappa shape index (κ3) is 2.38. The van der Waals surface area contributed by atoms with Gasteiger partial charge in [0.1, 0.15) is 5.75 Å². The van der Waals surface area contributed by atoms with E-state index < -0.39 is 0 Å². The van der Waals surface area contributed by atoms with Gasteiger partial charge in [-0.05, 0) is 24.3 Å². The molecule has 0 amide bonds. The largest absolute Gasteiger partial charge is 0.496 e. The summed E-state index contributed by atoms with van der Waals surface area (Å²) in [4.78, 5) is 9.07. The molecule has 1 atom stereocenters. The van der Waals surface area contributed by atoms with Crippen molar-refractivity contribution in [3.05, 3.63) is 60.2 Å². The third-order valence-corrected chi connectivity index (χ3v) is 3.96. The molecular formula is C18H17N5O. The molecule has 6 heteroatoms. The molecular weight excluding hydrogens is 302 g/mol. The van der Waals surface area contributed by atoms with E-state index in [0.717, 1.165) is 22.3 Å². The van der Waals surface area contributed by atoms with Crippen molar-refractivity contribution in [2.45, 2.75) is 6.17 Å². The van der Waals surface area contributed by atoms with E-state index in [2.05, 4.69) is 15.3 Å². The van der Waals surface area contributed by atoms with Crippen LogP contribution in [0, 0.1) is 0 Å². The number of hydrogen-bond acceptors (Lipinski definition) is 5. The van der Waals surface area contributed by atoms with Crippen LogP contribution in [0.2, 0.25) is 0 Å². The molecule has 0 saturated carbocycles. The molecule has 1 aliphatic rings. The number of guanidine groups is 1. The number of benzene rings is 2. The smallest absolute Gasteiger partial charge is 0.212 e. The van der Waals surface area contributed by atoms with Crippen molar-refractivity contribution in [1.29, 1.82) is 0 Å². The Hall–Kier alpha value is -3.28. The SMILES string of the molecule is COc1ccccc1/C=C/C1N=C(N)Nc2nc3ccccc3n21. The van der Waals surface area contributed by atoms with Crippen LogP contribution in [-0.4, -0.2) is 22.6 Å². The Morgan fingerprint density at radius 1 is 1.17 bits per heavy atom. The fraction of sp³-hybridized carbons (Fsp3) is 0.111. The summed E-state index contributed by atoms with van der Waals surface area (Å²) >= 11 is 0. The van der Waals surface area contributed by atoms with Crippen LogP contribution in [-0.2, 0) is 0 Å². The van der Waals surface area contributed by atoms with Crippen molar-refractivity contribution in [2.24, 2.45) is 10.7 Å². The first-order valence-electron chi connectivity index (χ1n) is 7.65. The third-order valence-electron chi connectivity index (χ3n) is 3.96. The van der Waals surface area contributed by atoms with Crippen molar-refractivity contribution in [3.8, 4) is 5.75 Å². The van der Waals surface area contributed by atoms with Gasteiger partial charge in [0.25, 0.3) is 0 Å². The molecule has 2 aromatic carbocycles. The Labute approximate surface area is 139 Å². The van der Waals surface area contributed by atoms with E-state index in [4.69, 9.17) is 10.5 Å². The van der Waals surface area contributed by atoms with E-state index in [1.54, 1.807) is 7.11 Å². The van der Waals surface area contributed by atoms with E-state index in [9.17, 15) is 0 Å². The van der Waals surface area contributed by atoms with Gasteiger partial charge >= 0.3 is 0 Å². The maximum atomic E-state index is 5.91. The van der Waals surface area contributed by atoms with Gasteiger partial charge in [-0.1, -0.05) is 36.4 Å². The van der Waals surface area contributed by atoms with Crippen molar-refractivity contribution in [3.63, 3.8) is 0 Å². The number of ether oxygens (including phenoxy) is 1. The number of fused-ring (bicyclic) bond motifs is 3. The molecule has 1 unspecified atom stereocenters. The Morgan fingerprint density at radius 2 is 1.96 bits per heavy atom. The lowest BCUT2D eigenvalue weighted by molar-refractivity contribution is 0.414. The number of aliphatic imine (C=N–C) groups is 1. The van der Waals surface area contributed by atoms with Crippen LogP contribution in [0.3, 0.4) is 0 Å². The molecule has 1 aliphatic heterocycles. The van der Waals surface area contributed by atoms with Crippen LogP contribution in [0.15, 0.2) is 59.6 Å². The first-order chi connectivity index (χ1) is 11.8. The highest BCUT2D eigenvalue weighted by Gasteiger charge is 2.21. The number of anilines is 1. The van der Waals surface area contributed by atoms with Crippen molar-refractivity contribution < 1.29 is 4.74 Å². The molecule has 0 radical (unpaired) electrons. The summed E-state index contributed by atoms with van der Waals surface area (Å²) < 4.78 is 7.41. The molecule has 0 bridgehead atoms. The predicted molar refractivity (Wildman–Crippen MR) is 96.0 cm³/mol. The van der Waals surface area contributed by atoms with E-state index >= 15 is 0 Å². The van der Waals surface area contributed by atoms with Gasteiger partial charge in [-0.25, -0.2) is 9.98 Å². The van der Waals surface area contributed by atoms with Crippen LogP contribution < -0.4 is 15.8 Å². The van der Waals surface area contributed by atoms with Gasteiger partial charge < -0.3 is 10.5 Å². The summed E-state index contributed by atoms with van der Waals surface area (Å²) in [6.45, 7) is 0. The second-order valence-corrected chi connectivity index (χ2v) is 5.45. The van der Waals surface area contributed by atoms with Crippen LogP contribution in [0.5, 0.6) is 5.75 Å². The summed E-state index contributed by atoms with van der Waals surface area (Å²) in [6.07, 6.45) is 3.71. The lowest BCUT2D eigenvalue weighted by atomic mass is 10.2. The number of imidazole rings is 1. The molecule has 2 heterocycles. The van der Waals surface area contributed by atoms with E-state index in [1.165, 1.54) is 0 Å². The molecule has 24 heavy (non-hydrogen) atoms. The molecule has 6 nitrogen and oxygen atoms in total. The van der Waals surface area contributed by atoms with Crippen molar-refractivity contribution in [2.75, 3.05) is 12.4 Å². The highest BCUT2D eigenvalue weighted by atomic mass is 16.5. The molecule has 1 aromatic heterocycles. The molecule has 3 N–H and O–H groups in total. The van der Waals surface area contributed by atoms with Gasteiger partial charge in [-0.15, -0.1) is 0 Å². The van der Waals surface area contributed by atoms with Gasteiger partial charge in [-0.2, -0.15) is 0 Å². The maximum absolute atomic E-state index is 5.91. The van der Waals surface area contributed by atoms with Crippen molar-refractivity contribution >= 4 is 29.0 Å². The van der Waals surface area contributed by atoms with E-state index in [0.29, 0.717) is 11.9 Å². The molecule has 0 fully saturated rings. The summed E-state index contributed by atoms with van der Waals surface area (Å²) in [6, 6.07) is 15.8. The lowest BCUT2D eigenvalue weighted by Gasteiger charge is -2.21. The average Bonchev–Trinajstić information content (AvgIpc) is 2.98. The Bertz CT molecular complexity index is 957. The minimum absolute atomic E-state index is 0.265. The minimum atomic E-state index is -0.265. The molecule has 120 valence electrons. The highest BCUT2D eigenvalue weighted by Crippen LogP contribution is 2.29. The molecule has 4 rings (SSSR count). The Kier molecular flexibility index (Phi) is 3.42. The fourth-order valence-corrected chi connectivity index (χ4v) is 2.87. The summed E-state index contributed by atoms with van der Waals surface area (Å²) in [5, 5.41) is 3.02. The van der Waals surface area contributed by atoms with E-state index in [1.807, 2.05) is 65.3 Å². The monoisotopic (exact) mass is 319 g/mol. The van der Waals surface area contributed by atoms with Crippen LogP contribution in [0.25, 0.3) is 17.1 Å². The number of aromatic nitrogens is 2. The molecule has 0 saturated heterocycles. The second kappa shape index (κ2) is 5.73. The second-order valence-electron chi connectivity index (χ2n) is 5.45. The van der Waals surface area contributed by atoms with Crippen LogP contribution in [0.1, 0.15) is 11.7 Å². The van der Waals surface area contributed by atoms with Crippen molar-refractivity contribution in [1.82, 2.24) is 9.55 Å². The minimum Gasteiger partial charge on any atom is -0.496 e. The average molecular weight is 319 g/mol. The molecule has 0 spiro atoms. The van der Waals surface area contributed by atoms with Crippen LogP contribution in [0.4, 0.5) is 5.95 Å². The number of nitrogens with one attached hydrogen (secondary N) is 1. The first kappa shape index (κ1) is 14.3. The number of nitrogens with two attached hydrogens (primary N) is 1. The fourth-order valence-electron chi connectivity index (χ4n) is 2.87. The topological polar surface area (TPSA) is 77.5 Å². The summed E-state index contributed by atoms with van der Waals surface area (Å²) in [5.41, 5.74) is 8.81. The lowest BCUT2D eigenvalue weighted by Crippen LogP contribution is -2.30. The number of rotatable bonds is 3. The van der Waals surface area contributed by atoms with Gasteiger partial charge in [0.2, 0.25) is 5.95 Å². The number of para-hydroxylation sites is 3. The van der Waals surface area contributed by atoms with Crippen LogP contribution >= 0.6 is 0 Å². The zero-order valence-corrected chi connectivity index (χ0v) is 13.2. The first-order valence-corrected chi connectivity index (χ1v) is 7.65. The number of methoxy groups -OCH3 is 1. The maximum Gasteiger partial charge on any atom is 0.212 e. The van der Waals surface area contributed by atoms with Gasteiger partial charge in [-0.3, -0.25) is 9.88 Å². The van der Waals surface area contributed by atoms with Gasteiger partial charge in [0.15, 0.2) is 12.1 Å².